The molecule has 3 rings (SSSR count). The molecule has 1 aromatic carbocycles. The lowest BCUT2D eigenvalue weighted by molar-refractivity contribution is 0.257. The predicted octanol–water partition coefficient (Wildman–Crippen LogP) is 1.23. The number of halogens is 1. The number of hydrogen-bond donors (Lipinski definition) is 1. The molecular formula is C12H10FNO2. The fourth-order valence-electron chi connectivity index (χ4n) is 2.43. The van der Waals surface area contributed by atoms with Crippen molar-refractivity contribution in [3.05, 3.63) is 46.0 Å². The number of nitrogens with zero attached hydrogens (tertiary/aromatic N) is 1. The van der Waals surface area contributed by atoms with Crippen LogP contribution in [0.3, 0.4) is 0 Å². The van der Waals surface area contributed by atoms with Gasteiger partial charge in [0.25, 0.3) is 5.56 Å². The summed E-state index contributed by atoms with van der Waals surface area (Å²) in [6.07, 6.45) is 0. The van der Waals surface area contributed by atoms with E-state index in [1.54, 1.807) is 12.1 Å². The standard InChI is InChI=1S/C12H10FNO2/c13-9-3-1-7-2-4-10(16)14-5-8(6-15)11(9)12(7)14/h1-4,8,15H,5-6H2. The number of hydrogen-bond acceptors (Lipinski definition) is 2. The maximum absolute atomic E-state index is 13.7. The normalized spacial score (nSPS) is 18.2. The first kappa shape index (κ1) is 9.54. The lowest BCUT2D eigenvalue weighted by Gasteiger charge is -2.06. The molecule has 0 radical (unpaired) electrons. The molecule has 4 heteroatoms. The van der Waals surface area contributed by atoms with E-state index in [1.807, 2.05) is 0 Å². The smallest absolute Gasteiger partial charge is 0.251 e. The molecular weight excluding hydrogens is 209 g/mol. The van der Waals surface area contributed by atoms with Crippen molar-refractivity contribution >= 4 is 10.9 Å². The van der Waals surface area contributed by atoms with Crippen molar-refractivity contribution in [2.75, 3.05) is 6.61 Å². The van der Waals surface area contributed by atoms with Gasteiger partial charge in [0, 0.05) is 24.1 Å². The van der Waals surface area contributed by atoms with Gasteiger partial charge in [-0.25, -0.2) is 4.39 Å². The second kappa shape index (κ2) is 3.15. The highest BCUT2D eigenvalue weighted by atomic mass is 19.1. The van der Waals surface area contributed by atoms with Crippen molar-refractivity contribution < 1.29 is 9.50 Å². The summed E-state index contributed by atoms with van der Waals surface area (Å²) in [5.41, 5.74) is 0.958. The van der Waals surface area contributed by atoms with Crippen LogP contribution in [0, 0.1) is 5.82 Å². The topological polar surface area (TPSA) is 42.2 Å². The summed E-state index contributed by atoms with van der Waals surface area (Å²) in [5.74, 6) is -0.651. The summed E-state index contributed by atoms with van der Waals surface area (Å²) in [6.45, 7) is 0.222. The molecule has 3 nitrogen and oxygen atoms in total. The molecule has 0 aliphatic carbocycles. The number of aliphatic hydroxyl groups is 1. The van der Waals surface area contributed by atoms with E-state index in [2.05, 4.69) is 0 Å². The second-order valence-corrected chi connectivity index (χ2v) is 4.06. The van der Waals surface area contributed by atoms with Crippen molar-refractivity contribution in [3.63, 3.8) is 0 Å². The van der Waals surface area contributed by atoms with Gasteiger partial charge in [-0.15, -0.1) is 0 Å². The zero-order chi connectivity index (χ0) is 11.3. The van der Waals surface area contributed by atoms with Gasteiger partial charge in [-0.05, 0) is 23.6 Å². The van der Waals surface area contributed by atoms with Crippen molar-refractivity contribution in [1.82, 2.24) is 4.57 Å². The van der Waals surface area contributed by atoms with Gasteiger partial charge >= 0.3 is 0 Å². The molecule has 1 unspecified atom stereocenters. The average molecular weight is 219 g/mol. The van der Waals surface area contributed by atoms with E-state index in [0.29, 0.717) is 17.6 Å². The molecule has 0 saturated carbocycles. The molecule has 0 fully saturated rings. The zero-order valence-electron chi connectivity index (χ0n) is 8.48. The van der Waals surface area contributed by atoms with Gasteiger partial charge in [0.15, 0.2) is 0 Å². The molecule has 82 valence electrons. The van der Waals surface area contributed by atoms with Gasteiger partial charge in [-0.1, -0.05) is 0 Å². The van der Waals surface area contributed by atoms with Crippen molar-refractivity contribution in [2.45, 2.75) is 12.5 Å². The van der Waals surface area contributed by atoms with Crippen LogP contribution in [0.5, 0.6) is 0 Å². The summed E-state index contributed by atoms with van der Waals surface area (Å²) >= 11 is 0. The van der Waals surface area contributed by atoms with E-state index < -0.39 is 0 Å². The zero-order valence-corrected chi connectivity index (χ0v) is 8.48. The Kier molecular flexibility index (Phi) is 1.88. The number of benzene rings is 1. The second-order valence-electron chi connectivity index (χ2n) is 4.06. The van der Waals surface area contributed by atoms with Crippen LogP contribution in [-0.2, 0) is 6.54 Å². The summed E-state index contributed by atoms with van der Waals surface area (Å²) in [6, 6.07) is 6.21. The Morgan fingerprint density at radius 3 is 2.88 bits per heavy atom. The third-order valence-corrected chi connectivity index (χ3v) is 3.17. The quantitative estimate of drug-likeness (QED) is 0.783. The molecule has 1 atom stereocenters. The molecule has 1 aromatic heterocycles. The van der Waals surface area contributed by atoms with Crippen LogP contribution in [0.4, 0.5) is 4.39 Å². The molecule has 2 aromatic rings. The van der Waals surface area contributed by atoms with Crippen LogP contribution >= 0.6 is 0 Å². The SMILES string of the molecule is O=c1ccc2ccc(F)c3c2n1CC3CO. The maximum Gasteiger partial charge on any atom is 0.251 e. The Morgan fingerprint density at radius 2 is 2.12 bits per heavy atom. The average Bonchev–Trinajstić information content (AvgIpc) is 2.68. The number of rotatable bonds is 1. The van der Waals surface area contributed by atoms with E-state index in [4.69, 9.17) is 0 Å². The lowest BCUT2D eigenvalue weighted by Crippen LogP contribution is -2.17. The van der Waals surface area contributed by atoms with Gasteiger partial charge in [0.2, 0.25) is 0 Å². The van der Waals surface area contributed by atoms with E-state index in [-0.39, 0.29) is 23.9 Å². The van der Waals surface area contributed by atoms with E-state index >= 15 is 0 Å². The van der Waals surface area contributed by atoms with Gasteiger partial charge in [-0.2, -0.15) is 0 Å². The minimum atomic E-state index is -0.344. The Morgan fingerprint density at radius 1 is 1.38 bits per heavy atom. The van der Waals surface area contributed by atoms with Crippen LogP contribution in [0.25, 0.3) is 10.9 Å². The number of aromatic nitrogens is 1. The summed E-state index contributed by atoms with van der Waals surface area (Å²) < 4.78 is 15.2. The molecule has 0 spiro atoms. The third-order valence-electron chi connectivity index (χ3n) is 3.17. The number of pyridine rings is 1. The van der Waals surface area contributed by atoms with Crippen molar-refractivity contribution in [2.24, 2.45) is 0 Å². The van der Waals surface area contributed by atoms with Crippen LogP contribution in [0.2, 0.25) is 0 Å². The highest BCUT2D eigenvalue weighted by Crippen LogP contribution is 2.33. The Balaban J connectivity index is 2.49. The highest BCUT2D eigenvalue weighted by Gasteiger charge is 2.27. The van der Waals surface area contributed by atoms with Crippen molar-refractivity contribution in [1.29, 1.82) is 0 Å². The Hall–Kier alpha value is -1.68. The Labute approximate surface area is 90.8 Å². The lowest BCUT2D eigenvalue weighted by atomic mass is 10.0. The largest absolute Gasteiger partial charge is 0.396 e. The minimum Gasteiger partial charge on any atom is -0.396 e. The maximum atomic E-state index is 13.7. The van der Waals surface area contributed by atoms with Gasteiger partial charge < -0.3 is 9.67 Å². The molecule has 0 amide bonds. The molecule has 0 saturated heterocycles. The number of aliphatic hydroxyl groups excluding tert-OH is 1. The van der Waals surface area contributed by atoms with Gasteiger partial charge in [0.1, 0.15) is 5.82 Å². The molecule has 1 aliphatic heterocycles. The molecule has 0 bridgehead atoms. The summed E-state index contributed by atoms with van der Waals surface area (Å²) in [7, 11) is 0. The Bertz CT molecular complexity index is 633. The van der Waals surface area contributed by atoms with E-state index in [0.717, 1.165) is 5.39 Å². The van der Waals surface area contributed by atoms with Gasteiger partial charge in [-0.3, -0.25) is 4.79 Å². The highest BCUT2D eigenvalue weighted by molar-refractivity contribution is 5.84. The van der Waals surface area contributed by atoms with Crippen LogP contribution in [0.15, 0.2) is 29.1 Å². The first-order valence-electron chi connectivity index (χ1n) is 5.15. The minimum absolute atomic E-state index is 0.142. The monoisotopic (exact) mass is 219 g/mol. The first-order chi connectivity index (χ1) is 7.72. The van der Waals surface area contributed by atoms with E-state index in [9.17, 15) is 14.3 Å². The predicted molar refractivity (Wildman–Crippen MR) is 58.0 cm³/mol. The fraction of sp³-hybridized carbons (Fsp3) is 0.250. The van der Waals surface area contributed by atoms with Crippen LogP contribution in [0.1, 0.15) is 11.5 Å². The third kappa shape index (κ3) is 1.08. The first-order valence-corrected chi connectivity index (χ1v) is 5.15. The van der Waals surface area contributed by atoms with Gasteiger partial charge in [0.05, 0.1) is 12.1 Å². The molecule has 2 heterocycles. The molecule has 1 N–H and O–H groups in total. The molecule has 16 heavy (non-hydrogen) atoms. The van der Waals surface area contributed by atoms with E-state index in [1.165, 1.54) is 16.7 Å². The fourth-order valence-corrected chi connectivity index (χ4v) is 2.43. The summed E-state index contributed by atoms with van der Waals surface area (Å²) in [5, 5.41) is 10.1. The van der Waals surface area contributed by atoms with Crippen LogP contribution < -0.4 is 5.56 Å². The summed E-state index contributed by atoms with van der Waals surface area (Å²) in [4.78, 5) is 11.6. The van der Waals surface area contributed by atoms with Crippen LogP contribution in [-0.4, -0.2) is 16.3 Å². The van der Waals surface area contributed by atoms with Crippen molar-refractivity contribution in [3.8, 4) is 0 Å². The molecule has 1 aliphatic rings.